The van der Waals surface area contributed by atoms with Gasteiger partial charge in [-0.3, -0.25) is 0 Å². The van der Waals surface area contributed by atoms with Crippen molar-refractivity contribution in [3.05, 3.63) is 29.3 Å². The fraction of sp³-hybridized carbons (Fsp3) is 0.417. The highest BCUT2D eigenvalue weighted by molar-refractivity contribution is 6.04. The van der Waals surface area contributed by atoms with Crippen LogP contribution in [0.3, 0.4) is 0 Å². The Hall–Kier alpha value is -1.59. The Morgan fingerprint density at radius 3 is 2.88 bits per heavy atom. The molecule has 1 atom stereocenters. The number of aliphatic hydroxyl groups is 2. The first-order valence-corrected chi connectivity index (χ1v) is 5.51. The first-order chi connectivity index (χ1) is 8.26. The molecule has 1 aromatic rings. The average Bonchev–Trinajstić information content (AvgIpc) is 2.79. The highest BCUT2D eigenvalue weighted by atomic mass is 16.5. The minimum Gasteiger partial charge on any atom is -0.490 e. The van der Waals surface area contributed by atoms with Crippen LogP contribution in [0.1, 0.15) is 17.5 Å². The first-order valence-electron chi connectivity index (χ1n) is 5.51. The van der Waals surface area contributed by atoms with Crippen LogP contribution in [0.4, 0.5) is 0 Å². The van der Waals surface area contributed by atoms with Gasteiger partial charge in [-0.2, -0.15) is 0 Å². The van der Waals surface area contributed by atoms with Gasteiger partial charge < -0.3 is 20.2 Å². The number of hydrogen-bond donors (Lipinski definition) is 3. The lowest BCUT2D eigenvalue weighted by Crippen LogP contribution is -2.21. The van der Waals surface area contributed by atoms with Crippen LogP contribution in [0.5, 0.6) is 5.75 Å². The maximum Gasteiger partial charge on any atom is 0.123 e. The Kier molecular flexibility index (Phi) is 3.61. The van der Waals surface area contributed by atoms with Crippen molar-refractivity contribution in [3.8, 4) is 5.75 Å². The van der Waals surface area contributed by atoms with Gasteiger partial charge in [-0.25, -0.2) is 0 Å². The molecule has 1 aromatic carbocycles. The van der Waals surface area contributed by atoms with E-state index in [9.17, 15) is 5.11 Å². The van der Waals surface area contributed by atoms with E-state index >= 15 is 0 Å². The van der Waals surface area contributed by atoms with Gasteiger partial charge in [-0.15, -0.1) is 0 Å². The molecule has 0 saturated heterocycles. The quantitative estimate of drug-likeness (QED) is 0.527. The fourth-order valence-electron chi connectivity index (χ4n) is 1.95. The third-order valence-electron chi connectivity index (χ3n) is 2.82. The zero-order valence-electron chi connectivity index (χ0n) is 9.33. The second-order valence-corrected chi connectivity index (χ2v) is 3.98. The molecule has 1 aliphatic carbocycles. The summed E-state index contributed by atoms with van der Waals surface area (Å²) in [6, 6.07) is 5.51. The van der Waals surface area contributed by atoms with Crippen LogP contribution in [0.2, 0.25) is 0 Å². The van der Waals surface area contributed by atoms with Gasteiger partial charge in [0, 0.05) is 11.1 Å². The van der Waals surface area contributed by atoms with Crippen LogP contribution in [-0.4, -0.2) is 40.4 Å². The molecule has 5 nitrogen and oxygen atoms in total. The second-order valence-electron chi connectivity index (χ2n) is 3.98. The van der Waals surface area contributed by atoms with E-state index in [0.717, 1.165) is 17.5 Å². The van der Waals surface area contributed by atoms with Gasteiger partial charge in [0.15, 0.2) is 0 Å². The molecule has 0 spiro atoms. The molecule has 92 valence electrons. The molecule has 1 unspecified atom stereocenters. The summed E-state index contributed by atoms with van der Waals surface area (Å²) >= 11 is 0. The Balaban J connectivity index is 2.17. The van der Waals surface area contributed by atoms with Gasteiger partial charge in [0.05, 0.1) is 12.3 Å². The third-order valence-corrected chi connectivity index (χ3v) is 2.82. The monoisotopic (exact) mass is 237 g/mol. The molecule has 5 heteroatoms. The van der Waals surface area contributed by atoms with Crippen molar-refractivity contribution in [1.29, 1.82) is 0 Å². The highest BCUT2D eigenvalue weighted by Gasteiger charge is 2.21. The normalized spacial score (nSPS) is 18.1. The molecule has 17 heavy (non-hydrogen) atoms. The highest BCUT2D eigenvalue weighted by Crippen LogP contribution is 2.30. The van der Waals surface area contributed by atoms with E-state index in [-0.39, 0.29) is 13.2 Å². The standard InChI is InChI=1S/C12H15NO4/c14-6-8(15)7-17-12-3-1-2-9-10(12)4-5-11(9)13-16/h1-3,8,14-16H,4-7H2/b13-11+. The maximum absolute atomic E-state index is 9.23. The molecule has 0 amide bonds. The van der Waals surface area contributed by atoms with Gasteiger partial charge in [0.25, 0.3) is 0 Å². The Morgan fingerprint density at radius 2 is 2.18 bits per heavy atom. The number of ether oxygens (including phenoxy) is 1. The zero-order valence-corrected chi connectivity index (χ0v) is 9.33. The lowest BCUT2D eigenvalue weighted by Gasteiger charge is -2.12. The second kappa shape index (κ2) is 5.16. The minimum atomic E-state index is -0.877. The molecule has 0 radical (unpaired) electrons. The van der Waals surface area contributed by atoms with E-state index < -0.39 is 6.10 Å². The molecule has 3 N–H and O–H groups in total. The van der Waals surface area contributed by atoms with E-state index in [2.05, 4.69) is 5.16 Å². The topological polar surface area (TPSA) is 82.3 Å². The Bertz CT molecular complexity index is 431. The summed E-state index contributed by atoms with van der Waals surface area (Å²) in [4.78, 5) is 0. The Morgan fingerprint density at radius 1 is 1.35 bits per heavy atom. The first kappa shape index (κ1) is 11.9. The van der Waals surface area contributed by atoms with E-state index in [1.165, 1.54) is 0 Å². The van der Waals surface area contributed by atoms with E-state index in [1.807, 2.05) is 18.2 Å². The van der Waals surface area contributed by atoms with Crippen molar-refractivity contribution >= 4 is 5.71 Å². The molecule has 0 bridgehead atoms. The van der Waals surface area contributed by atoms with Crippen molar-refractivity contribution in [2.75, 3.05) is 13.2 Å². The molecule has 0 aliphatic heterocycles. The minimum absolute atomic E-state index is 0.0541. The summed E-state index contributed by atoms with van der Waals surface area (Å²) in [6.07, 6.45) is 0.577. The zero-order chi connectivity index (χ0) is 12.3. The van der Waals surface area contributed by atoms with Gasteiger partial charge in [0.2, 0.25) is 0 Å². The van der Waals surface area contributed by atoms with E-state index in [1.54, 1.807) is 0 Å². The number of benzene rings is 1. The molecule has 0 fully saturated rings. The van der Waals surface area contributed by atoms with Gasteiger partial charge in [-0.1, -0.05) is 17.3 Å². The van der Waals surface area contributed by atoms with Crippen LogP contribution < -0.4 is 4.74 Å². The summed E-state index contributed by atoms with van der Waals surface area (Å²) in [5, 5.41) is 30.0. The molecule has 1 aliphatic rings. The number of oxime groups is 1. The molecule has 2 rings (SSSR count). The fourth-order valence-corrected chi connectivity index (χ4v) is 1.95. The number of fused-ring (bicyclic) bond motifs is 1. The van der Waals surface area contributed by atoms with Crippen molar-refractivity contribution in [1.82, 2.24) is 0 Å². The SMILES string of the molecule is OCC(O)COc1cccc2c1CC/C2=N\O. The number of nitrogens with zero attached hydrogens (tertiary/aromatic N) is 1. The summed E-state index contributed by atoms with van der Waals surface area (Å²) < 4.78 is 5.45. The van der Waals surface area contributed by atoms with E-state index in [0.29, 0.717) is 17.9 Å². The van der Waals surface area contributed by atoms with Crippen LogP contribution >= 0.6 is 0 Å². The van der Waals surface area contributed by atoms with E-state index in [4.69, 9.17) is 15.1 Å². The maximum atomic E-state index is 9.23. The van der Waals surface area contributed by atoms with Crippen LogP contribution in [-0.2, 0) is 6.42 Å². The molecular formula is C12H15NO4. The summed E-state index contributed by atoms with van der Waals surface area (Å²) in [6.45, 7) is -0.267. The predicted molar refractivity (Wildman–Crippen MR) is 61.7 cm³/mol. The van der Waals surface area contributed by atoms with Crippen molar-refractivity contribution in [2.45, 2.75) is 18.9 Å². The summed E-state index contributed by atoms with van der Waals surface area (Å²) in [5.41, 5.74) is 2.54. The lowest BCUT2D eigenvalue weighted by atomic mass is 10.1. The van der Waals surface area contributed by atoms with Gasteiger partial charge in [-0.05, 0) is 18.9 Å². The Labute approximate surface area is 99.0 Å². The largest absolute Gasteiger partial charge is 0.490 e. The summed E-state index contributed by atoms with van der Waals surface area (Å²) in [7, 11) is 0. The van der Waals surface area contributed by atoms with Gasteiger partial charge >= 0.3 is 0 Å². The van der Waals surface area contributed by atoms with Crippen molar-refractivity contribution < 1.29 is 20.2 Å². The molecular weight excluding hydrogens is 222 g/mol. The number of aliphatic hydroxyl groups excluding tert-OH is 2. The summed E-state index contributed by atoms with van der Waals surface area (Å²) in [5.74, 6) is 0.675. The van der Waals surface area contributed by atoms with Crippen molar-refractivity contribution in [3.63, 3.8) is 0 Å². The molecule has 0 saturated carbocycles. The van der Waals surface area contributed by atoms with Crippen LogP contribution in [0, 0.1) is 0 Å². The predicted octanol–water partition coefficient (Wildman–Crippen LogP) is 0.543. The average molecular weight is 237 g/mol. The lowest BCUT2D eigenvalue weighted by molar-refractivity contribution is 0.0533. The number of hydrogen-bond acceptors (Lipinski definition) is 5. The van der Waals surface area contributed by atoms with Gasteiger partial charge in [0.1, 0.15) is 18.5 Å². The third kappa shape index (κ3) is 2.40. The van der Waals surface area contributed by atoms with Crippen LogP contribution in [0.15, 0.2) is 23.4 Å². The smallest absolute Gasteiger partial charge is 0.123 e. The molecule has 0 heterocycles. The van der Waals surface area contributed by atoms with Crippen LogP contribution in [0.25, 0.3) is 0 Å². The number of rotatable bonds is 4. The molecule has 0 aromatic heterocycles. The van der Waals surface area contributed by atoms with Crippen molar-refractivity contribution in [2.24, 2.45) is 5.16 Å².